The van der Waals surface area contributed by atoms with Gasteiger partial charge in [-0.1, -0.05) is 35.3 Å². The molecule has 0 bridgehead atoms. The lowest BCUT2D eigenvalue weighted by molar-refractivity contribution is 0.0734. The predicted octanol–water partition coefficient (Wildman–Crippen LogP) is 3.11. The quantitative estimate of drug-likeness (QED) is 0.535. The van der Waals surface area contributed by atoms with E-state index >= 15 is 0 Å². The number of carbonyl (C=O) groups excluding carboxylic acids is 1. The lowest BCUT2D eigenvalue weighted by Gasteiger charge is -2.06. The molecule has 1 aromatic heterocycles. The van der Waals surface area contributed by atoms with Crippen molar-refractivity contribution in [2.24, 2.45) is 5.73 Å². The molecule has 20 heavy (non-hydrogen) atoms. The van der Waals surface area contributed by atoms with E-state index in [0.717, 1.165) is 12.0 Å². The van der Waals surface area contributed by atoms with Crippen LogP contribution in [0.25, 0.3) is 0 Å². The molecule has 0 saturated carbocycles. The van der Waals surface area contributed by atoms with Gasteiger partial charge in [0.15, 0.2) is 0 Å². The van der Waals surface area contributed by atoms with Gasteiger partial charge in [-0.05, 0) is 42.8 Å². The van der Waals surface area contributed by atoms with Crippen molar-refractivity contribution in [3.63, 3.8) is 0 Å². The Morgan fingerprint density at radius 3 is 2.30 bits per heavy atom. The minimum absolute atomic E-state index is 0.141. The number of carbonyl (C=O) groups is 1. The predicted molar refractivity (Wildman–Crippen MR) is 78.4 cm³/mol. The van der Waals surface area contributed by atoms with Crippen molar-refractivity contribution in [1.29, 1.82) is 0 Å². The summed E-state index contributed by atoms with van der Waals surface area (Å²) in [5.74, 6) is -0.0948. The Hall–Kier alpha value is -1.62. The highest BCUT2D eigenvalue weighted by Crippen LogP contribution is 2.18. The van der Waals surface area contributed by atoms with Crippen molar-refractivity contribution < 1.29 is 9.53 Å². The van der Waals surface area contributed by atoms with Crippen LogP contribution in [0, 0.1) is 0 Å². The van der Waals surface area contributed by atoms with Crippen LogP contribution in [0.5, 0.6) is 5.75 Å². The van der Waals surface area contributed by atoms with Crippen molar-refractivity contribution in [2.75, 3.05) is 6.54 Å². The monoisotopic (exact) mass is 310 g/mol. The fourth-order valence-corrected chi connectivity index (χ4v) is 2.10. The summed E-state index contributed by atoms with van der Waals surface area (Å²) in [4.78, 5) is 15.7. The summed E-state index contributed by atoms with van der Waals surface area (Å²) in [5.41, 5.74) is 6.80. The van der Waals surface area contributed by atoms with Crippen LogP contribution in [0.1, 0.15) is 15.9 Å². The molecule has 0 saturated heterocycles. The van der Waals surface area contributed by atoms with E-state index in [0.29, 0.717) is 12.3 Å². The minimum Gasteiger partial charge on any atom is -0.423 e. The zero-order chi connectivity index (χ0) is 14.5. The molecule has 2 rings (SSSR count). The summed E-state index contributed by atoms with van der Waals surface area (Å²) in [6, 6.07) is 9.96. The van der Waals surface area contributed by atoms with Gasteiger partial charge in [-0.25, -0.2) is 9.78 Å². The molecule has 6 heteroatoms. The second-order valence-corrected chi connectivity index (χ2v) is 4.85. The molecule has 104 valence electrons. The van der Waals surface area contributed by atoms with E-state index in [1.165, 1.54) is 12.1 Å². The molecule has 1 heterocycles. The third kappa shape index (κ3) is 3.93. The first-order chi connectivity index (χ1) is 9.58. The molecule has 0 spiro atoms. The van der Waals surface area contributed by atoms with Crippen LogP contribution < -0.4 is 10.5 Å². The number of halogens is 2. The topological polar surface area (TPSA) is 65.2 Å². The Morgan fingerprint density at radius 1 is 1.15 bits per heavy atom. The molecule has 0 aliphatic rings. The lowest BCUT2D eigenvalue weighted by atomic mass is 10.1. The number of ether oxygens (including phenoxy) is 1. The smallest absolute Gasteiger partial charge is 0.343 e. The van der Waals surface area contributed by atoms with Crippen LogP contribution in [-0.4, -0.2) is 17.5 Å². The number of benzene rings is 1. The fraction of sp³-hybridized carbons (Fsp3) is 0.143. The highest BCUT2D eigenvalue weighted by molar-refractivity contribution is 6.32. The first kappa shape index (κ1) is 14.8. The largest absolute Gasteiger partial charge is 0.423 e. The standard InChI is InChI=1S/C14H12Cl2N2O2/c15-12-7-10(8-13(16)18-12)14(19)20-11-3-1-9(2-4-11)5-6-17/h1-4,7-8H,5-6,17H2. The zero-order valence-electron chi connectivity index (χ0n) is 10.5. The van der Waals surface area contributed by atoms with E-state index < -0.39 is 5.97 Å². The summed E-state index contributed by atoms with van der Waals surface area (Å²) in [5, 5.41) is 0.283. The van der Waals surface area contributed by atoms with Gasteiger partial charge >= 0.3 is 5.97 Å². The van der Waals surface area contributed by atoms with Crippen LogP contribution in [-0.2, 0) is 6.42 Å². The van der Waals surface area contributed by atoms with Gasteiger partial charge in [0.25, 0.3) is 0 Å². The average molecular weight is 311 g/mol. The van der Waals surface area contributed by atoms with Gasteiger partial charge in [-0.3, -0.25) is 0 Å². The van der Waals surface area contributed by atoms with Gasteiger partial charge in [0.1, 0.15) is 16.1 Å². The number of hydrogen-bond donors (Lipinski definition) is 1. The third-order valence-electron chi connectivity index (χ3n) is 2.57. The van der Waals surface area contributed by atoms with Crippen molar-refractivity contribution in [1.82, 2.24) is 4.98 Å². The molecular weight excluding hydrogens is 299 g/mol. The van der Waals surface area contributed by atoms with Crippen LogP contribution in [0.15, 0.2) is 36.4 Å². The molecule has 2 aromatic rings. The summed E-state index contributed by atoms with van der Waals surface area (Å²) in [6.45, 7) is 0.577. The fourth-order valence-electron chi connectivity index (χ4n) is 1.64. The van der Waals surface area contributed by atoms with E-state index in [1.807, 2.05) is 12.1 Å². The van der Waals surface area contributed by atoms with Crippen LogP contribution >= 0.6 is 23.2 Å². The molecule has 4 nitrogen and oxygen atoms in total. The van der Waals surface area contributed by atoms with Gasteiger partial charge < -0.3 is 10.5 Å². The third-order valence-corrected chi connectivity index (χ3v) is 2.95. The lowest BCUT2D eigenvalue weighted by Crippen LogP contribution is -2.09. The van der Waals surface area contributed by atoms with Gasteiger partial charge in [-0.15, -0.1) is 0 Å². The number of esters is 1. The summed E-state index contributed by atoms with van der Waals surface area (Å²) in [7, 11) is 0. The summed E-state index contributed by atoms with van der Waals surface area (Å²) < 4.78 is 5.23. The molecule has 1 aromatic carbocycles. The normalized spacial score (nSPS) is 10.3. The molecule has 0 radical (unpaired) electrons. The van der Waals surface area contributed by atoms with Crippen LogP contribution in [0.2, 0.25) is 10.3 Å². The maximum atomic E-state index is 11.9. The second-order valence-electron chi connectivity index (χ2n) is 4.07. The Bertz CT molecular complexity index is 595. The highest BCUT2D eigenvalue weighted by Gasteiger charge is 2.11. The molecule has 2 N–H and O–H groups in total. The minimum atomic E-state index is -0.539. The number of pyridine rings is 1. The number of hydrogen-bond acceptors (Lipinski definition) is 4. The molecular formula is C14H12Cl2N2O2. The van der Waals surface area contributed by atoms with E-state index in [1.54, 1.807) is 12.1 Å². The van der Waals surface area contributed by atoms with Crippen molar-refractivity contribution >= 4 is 29.2 Å². The summed E-state index contributed by atoms with van der Waals surface area (Å²) >= 11 is 11.5. The molecule has 0 unspecified atom stereocenters. The maximum Gasteiger partial charge on any atom is 0.343 e. The number of nitrogens with zero attached hydrogens (tertiary/aromatic N) is 1. The van der Waals surface area contributed by atoms with Crippen molar-refractivity contribution in [2.45, 2.75) is 6.42 Å². The van der Waals surface area contributed by atoms with E-state index in [9.17, 15) is 4.79 Å². The first-order valence-corrected chi connectivity index (χ1v) is 6.68. The second kappa shape index (κ2) is 6.70. The van der Waals surface area contributed by atoms with E-state index in [2.05, 4.69) is 4.98 Å². The SMILES string of the molecule is NCCc1ccc(OC(=O)c2cc(Cl)nc(Cl)c2)cc1. The summed E-state index contributed by atoms with van der Waals surface area (Å²) in [6.07, 6.45) is 0.782. The van der Waals surface area contributed by atoms with Crippen LogP contribution in [0.4, 0.5) is 0 Å². The van der Waals surface area contributed by atoms with Gasteiger partial charge in [0.05, 0.1) is 5.56 Å². The van der Waals surface area contributed by atoms with Crippen LogP contribution in [0.3, 0.4) is 0 Å². The number of nitrogens with two attached hydrogens (primary N) is 1. The molecule has 0 fully saturated rings. The number of rotatable bonds is 4. The number of aromatic nitrogens is 1. The highest BCUT2D eigenvalue weighted by atomic mass is 35.5. The Labute approximate surface area is 126 Å². The average Bonchev–Trinajstić information content (AvgIpc) is 2.40. The van der Waals surface area contributed by atoms with Crippen molar-refractivity contribution in [3.8, 4) is 5.75 Å². The molecule has 0 atom stereocenters. The molecule has 0 amide bonds. The molecule has 0 aliphatic heterocycles. The van der Waals surface area contributed by atoms with Gasteiger partial charge in [0, 0.05) is 0 Å². The van der Waals surface area contributed by atoms with E-state index in [-0.39, 0.29) is 15.9 Å². The Kier molecular flexibility index (Phi) is 4.95. The van der Waals surface area contributed by atoms with Gasteiger partial charge in [-0.2, -0.15) is 0 Å². The maximum absolute atomic E-state index is 11.9. The Balaban J connectivity index is 2.10. The zero-order valence-corrected chi connectivity index (χ0v) is 12.0. The first-order valence-electron chi connectivity index (χ1n) is 5.93. The van der Waals surface area contributed by atoms with Crippen molar-refractivity contribution in [3.05, 3.63) is 57.8 Å². The van der Waals surface area contributed by atoms with Gasteiger partial charge in [0.2, 0.25) is 0 Å². The molecule has 0 aliphatic carbocycles. The van der Waals surface area contributed by atoms with E-state index in [4.69, 9.17) is 33.7 Å². The Morgan fingerprint density at radius 2 is 1.75 bits per heavy atom.